The normalized spacial score (nSPS) is 11.6. The van der Waals surface area contributed by atoms with E-state index in [-0.39, 0.29) is 10.0 Å². The molecule has 1 heterocycles. The molecule has 15 heavy (non-hydrogen) atoms. The summed E-state index contributed by atoms with van der Waals surface area (Å²) in [6.45, 7) is 0.409. The summed E-state index contributed by atoms with van der Waals surface area (Å²) in [5.41, 5.74) is 0. The van der Waals surface area contributed by atoms with Crippen LogP contribution in [0.25, 0.3) is 0 Å². The first-order chi connectivity index (χ1) is 7.06. The summed E-state index contributed by atoms with van der Waals surface area (Å²) in [4.78, 5) is 3.85. The Balaban J connectivity index is 2.73. The van der Waals surface area contributed by atoms with E-state index in [9.17, 15) is 8.42 Å². The van der Waals surface area contributed by atoms with Crippen molar-refractivity contribution in [2.45, 2.75) is 4.90 Å². The minimum Gasteiger partial charge on any atom is -0.243 e. The molecule has 7 heteroatoms. The van der Waals surface area contributed by atoms with Crippen LogP contribution in [0.2, 0.25) is 5.15 Å². The first-order valence-corrected chi connectivity index (χ1v) is 7.42. The zero-order chi connectivity index (χ0) is 11.3. The highest BCUT2D eigenvalue weighted by molar-refractivity contribution is 7.98. The van der Waals surface area contributed by atoms with Crippen LogP contribution >= 0.6 is 23.4 Å². The van der Waals surface area contributed by atoms with Crippen LogP contribution in [0, 0.1) is 0 Å². The van der Waals surface area contributed by atoms with Gasteiger partial charge in [-0.15, -0.1) is 0 Å². The van der Waals surface area contributed by atoms with Gasteiger partial charge < -0.3 is 0 Å². The van der Waals surface area contributed by atoms with Gasteiger partial charge in [-0.05, 0) is 18.4 Å². The fraction of sp³-hybridized carbons (Fsp3) is 0.375. The van der Waals surface area contributed by atoms with Crippen molar-refractivity contribution < 1.29 is 8.42 Å². The standard InChI is InChI=1S/C8H11ClN2O2S2/c1-14-5-4-11-15(12,13)7-2-3-8(9)10-6-7/h2-3,6,11H,4-5H2,1H3. The van der Waals surface area contributed by atoms with Crippen molar-refractivity contribution in [3.63, 3.8) is 0 Å². The van der Waals surface area contributed by atoms with E-state index in [1.165, 1.54) is 18.3 Å². The molecule has 0 aliphatic heterocycles. The van der Waals surface area contributed by atoms with Crippen LogP contribution in [-0.2, 0) is 10.0 Å². The Hall–Kier alpha value is -0.300. The summed E-state index contributed by atoms with van der Waals surface area (Å²) < 4.78 is 25.7. The number of nitrogens with zero attached hydrogens (tertiary/aromatic N) is 1. The van der Waals surface area contributed by atoms with Gasteiger partial charge in [-0.25, -0.2) is 18.1 Å². The number of aromatic nitrogens is 1. The number of hydrogen-bond acceptors (Lipinski definition) is 4. The summed E-state index contributed by atoms with van der Waals surface area (Å²) in [5.74, 6) is 0.736. The fourth-order valence-corrected chi connectivity index (χ4v) is 2.41. The third kappa shape index (κ3) is 3.98. The SMILES string of the molecule is CSCCNS(=O)(=O)c1ccc(Cl)nc1. The largest absolute Gasteiger partial charge is 0.243 e. The molecule has 1 aromatic heterocycles. The molecular formula is C8H11ClN2O2S2. The maximum Gasteiger partial charge on any atom is 0.242 e. The second kappa shape index (κ2) is 5.69. The maximum atomic E-state index is 11.6. The number of nitrogens with one attached hydrogen (secondary N) is 1. The number of hydrogen-bond donors (Lipinski definition) is 1. The van der Waals surface area contributed by atoms with Crippen molar-refractivity contribution in [2.75, 3.05) is 18.6 Å². The Morgan fingerprint density at radius 1 is 1.53 bits per heavy atom. The number of thioether (sulfide) groups is 1. The summed E-state index contributed by atoms with van der Waals surface area (Å²) in [7, 11) is -3.43. The van der Waals surface area contributed by atoms with Crippen molar-refractivity contribution in [3.05, 3.63) is 23.5 Å². The number of sulfonamides is 1. The second-order valence-electron chi connectivity index (χ2n) is 2.71. The molecule has 1 rings (SSSR count). The lowest BCUT2D eigenvalue weighted by molar-refractivity contribution is 0.584. The summed E-state index contributed by atoms with van der Waals surface area (Å²) in [6, 6.07) is 2.88. The Bertz CT molecular complexity index is 405. The van der Waals surface area contributed by atoms with E-state index in [0.29, 0.717) is 6.54 Å². The van der Waals surface area contributed by atoms with Crippen LogP contribution in [-0.4, -0.2) is 32.0 Å². The quantitative estimate of drug-likeness (QED) is 0.646. The molecule has 0 aliphatic carbocycles. The predicted molar refractivity (Wildman–Crippen MR) is 62.8 cm³/mol. The summed E-state index contributed by atoms with van der Waals surface area (Å²) in [6.07, 6.45) is 3.15. The van der Waals surface area contributed by atoms with Gasteiger partial charge in [0.05, 0.1) is 0 Å². The van der Waals surface area contributed by atoms with Gasteiger partial charge in [0, 0.05) is 18.5 Å². The Morgan fingerprint density at radius 2 is 2.27 bits per heavy atom. The van der Waals surface area contributed by atoms with E-state index < -0.39 is 10.0 Å². The minimum atomic E-state index is -3.43. The smallest absolute Gasteiger partial charge is 0.242 e. The summed E-state index contributed by atoms with van der Waals surface area (Å²) >= 11 is 7.14. The molecule has 0 saturated heterocycles. The first kappa shape index (κ1) is 12.8. The highest BCUT2D eigenvalue weighted by Gasteiger charge is 2.12. The Labute approximate surface area is 98.5 Å². The van der Waals surface area contributed by atoms with Gasteiger partial charge in [0.2, 0.25) is 10.0 Å². The first-order valence-electron chi connectivity index (χ1n) is 4.16. The van der Waals surface area contributed by atoms with Crippen molar-refractivity contribution in [1.82, 2.24) is 9.71 Å². The van der Waals surface area contributed by atoms with Gasteiger partial charge in [-0.2, -0.15) is 11.8 Å². The fourth-order valence-electron chi connectivity index (χ4n) is 0.883. The van der Waals surface area contributed by atoms with Gasteiger partial charge in [0.15, 0.2) is 0 Å². The lowest BCUT2D eigenvalue weighted by Gasteiger charge is -2.04. The molecule has 0 spiro atoms. The zero-order valence-electron chi connectivity index (χ0n) is 8.10. The molecule has 1 N–H and O–H groups in total. The molecule has 0 amide bonds. The van der Waals surface area contributed by atoms with E-state index in [1.54, 1.807) is 11.8 Å². The monoisotopic (exact) mass is 266 g/mol. The number of rotatable bonds is 5. The molecule has 0 radical (unpaired) electrons. The van der Waals surface area contributed by atoms with Crippen LogP contribution < -0.4 is 4.72 Å². The average Bonchev–Trinajstić information content (AvgIpc) is 2.18. The van der Waals surface area contributed by atoms with Crippen molar-refractivity contribution >= 4 is 33.4 Å². The van der Waals surface area contributed by atoms with Crippen LogP contribution in [0.4, 0.5) is 0 Å². The van der Waals surface area contributed by atoms with E-state index in [0.717, 1.165) is 5.75 Å². The van der Waals surface area contributed by atoms with Gasteiger partial charge >= 0.3 is 0 Å². The van der Waals surface area contributed by atoms with Crippen molar-refractivity contribution in [3.8, 4) is 0 Å². The van der Waals surface area contributed by atoms with Crippen LogP contribution in [0.5, 0.6) is 0 Å². The third-order valence-electron chi connectivity index (χ3n) is 1.61. The van der Waals surface area contributed by atoms with Gasteiger partial charge in [0.25, 0.3) is 0 Å². The zero-order valence-corrected chi connectivity index (χ0v) is 10.5. The van der Waals surface area contributed by atoms with E-state index in [1.807, 2.05) is 6.26 Å². The molecule has 0 unspecified atom stereocenters. The van der Waals surface area contributed by atoms with Gasteiger partial charge in [0.1, 0.15) is 10.0 Å². The molecule has 1 aromatic rings. The highest BCUT2D eigenvalue weighted by atomic mass is 35.5. The van der Waals surface area contributed by atoms with E-state index in [2.05, 4.69) is 9.71 Å². The lowest BCUT2D eigenvalue weighted by Crippen LogP contribution is -2.26. The van der Waals surface area contributed by atoms with Gasteiger partial charge in [-0.1, -0.05) is 11.6 Å². The molecule has 0 bridgehead atoms. The predicted octanol–water partition coefficient (Wildman–Crippen LogP) is 1.38. The number of pyridine rings is 1. The highest BCUT2D eigenvalue weighted by Crippen LogP contribution is 2.10. The summed E-state index contributed by atoms with van der Waals surface area (Å²) in [5, 5.41) is 0.276. The third-order valence-corrected chi connectivity index (χ3v) is 3.89. The van der Waals surface area contributed by atoms with Crippen LogP contribution in [0.1, 0.15) is 0 Å². The molecule has 0 aliphatic rings. The minimum absolute atomic E-state index is 0.132. The molecule has 0 fully saturated rings. The van der Waals surface area contributed by atoms with Crippen molar-refractivity contribution in [2.24, 2.45) is 0 Å². The molecule has 84 valence electrons. The van der Waals surface area contributed by atoms with Crippen LogP contribution in [0.3, 0.4) is 0 Å². The number of halogens is 1. The Kier molecular flexibility index (Phi) is 4.85. The van der Waals surface area contributed by atoms with Gasteiger partial charge in [-0.3, -0.25) is 0 Å². The molecular weight excluding hydrogens is 256 g/mol. The molecule has 0 atom stereocenters. The maximum absolute atomic E-state index is 11.6. The average molecular weight is 267 g/mol. The molecule has 0 aromatic carbocycles. The molecule has 4 nitrogen and oxygen atoms in total. The topological polar surface area (TPSA) is 59.1 Å². The van der Waals surface area contributed by atoms with E-state index >= 15 is 0 Å². The Morgan fingerprint density at radius 3 is 2.80 bits per heavy atom. The molecule has 0 saturated carbocycles. The van der Waals surface area contributed by atoms with Crippen molar-refractivity contribution in [1.29, 1.82) is 0 Å². The second-order valence-corrected chi connectivity index (χ2v) is 5.85. The van der Waals surface area contributed by atoms with Crippen LogP contribution in [0.15, 0.2) is 23.2 Å². The van der Waals surface area contributed by atoms with E-state index in [4.69, 9.17) is 11.6 Å². The lowest BCUT2D eigenvalue weighted by atomic mass is 10.5.